The Labute approximate surface area is 179 Å². The molecule has 4 rings (SSSR count). The molecule has 1 fully saturated rings. The number of nitrogens with zero attached hydrogens (tertiary/aromatic N) is 4. The van der Waals surface area contributed by atoms with Crippen LogP contribution in [0.4, 0.5) is 0 Å². The van der Waals surface area contributed by atoms with Gasteiger partial charge in [0.15, 0.2) is 5.69 Å². The molecule has 1 aromatic heterocycles. The molecule has 1 aromatic carbocycles. The fourth-order valence-corrected chi connectivity index (χ4v) is 4.53. The van der Waals surface area contributed by atoms with Crippen molar-refractivity contribution in [3.8, 4) is 0 Å². The third kappa shape index (κ3) is 4.65. The Morgan fingerprint density at radius 3 is 2.73 bits per heavy atom. The van der Waals surface area contributed by atoms with E-state index in [9.17, 15) is 4.79 Å². The van der Waals surface area contributed by atoms with Gasteiger partial charge in [0.1, 0.15) is 0 Å². The Kier molecular flexibility index (Phi) is 6.65. The number of carbonyl (C=O) groups excluding carboxylic acids is 1. The molecule has 1 saturated heterocycles. The number of fused-ring (bicyclic) bond motifs is 1. The van der Waals surface area contributed by atoms with Gasteiger partial charge >= 0.3 is 0 Å². The maximum atomic E-state index is 13.3. The summed E-state index contributed by atoms with van der Waals surface area (Å²) in [6.45, 7) is 8.87. The molecule has 0 bridgehead atoms. The van der Waals surface area contributed by atoms with Crippen molar-refractivity contribution in [2.75, 3.05) is 39.8 Å². The summed E-state index contributed by atoms with van der Waals surface area (Å²) in [6, 6.07) is 11.0. The molecule has 1 aliphatic heterocycles. The average molecular weight is 408 g/mol. The summed E-state index contributed by atoms with van der Waals surface area (Å²) >= 11 is 0. The monoisotopic (exact) mass is 407 g/mol. The number of hydrogen-bond donors (Lipinski definition) is 1. The number of carbonyl (C=O) groups is 1. The zero-order valence-electron chi connectivity index (χ0n) is 18.0. The van der Waals surface area contributed by atoms with Gasteiger partial charge in [0.25, 0.3) is 5.91 Å². The van der Waals surface area contributed by atoms with Crippen LogP contribution in [0.3, 0.4) is 0 Å². The highest BCUT2D eigenvalue weighted by molar-refractivity contribution is 5.94. The first-order valence-electron chi connectivity index (χ1n) is 11.1. The molecule has 30 heavy (non-hydrogen) atoms. The van der Waals surface area contributed by atoms with Crippen LogP contribution in [-0.4, -0.2) is 71.3 Å². The molecule has 6 nitrogen and oxygen atoms in total. The summed E-state index contributed by atoms with van der Waals surface area (Å²) in [5, 5.41) is 8.47. The topological polar surface area (TPSA) is 53.4 Å². The lowest BCUT2D eigenvalue weighted by Gasteiger charge is -2.32. The summed E-state index contributed by atoms with van der Waals surface area (Å²) in [7, 11) is 2.11. The van der Waals surface area contributed by atoms with Gasteiger partial charge in [-0.3, -0.25) is 9.48 Å². The molecule has 2 heterocycles. The molecule has 1 N–H and O–H groups in total. The number of benzene rings is 1. The quantitative estimate of drug-likeness (QED) is 0.715. The van der Waals surface area contributed by atoms with Crippen molar-refractivity contribution < 1.29 is 4.79 Å². The first-order valence-corrected chi connectivity index (χ1v) is 11.1. The molecule has 2 aromatic rings. The number of nitrogens with one attached hydrogen (secondary N) is 1. The maximum Gasteiger partial charge on any atom is 0.274 e. The van der Waals surface area contributed by atoms with Gasteiger partial charge in [-0.2, -0.15) is 5.10 Å². The first-order chi connectivity index (χ1) is 14.7. The third-order valence-electron chi connectivity index (χ3n) is 6.33. The third-order valence-corrected chi connectivity index (χ3v) is 6.33. The molecular formula is C24H33N5O. The fourth-order valence-electron chi connectivity index (χ4n) is 4.53. The lowest BCUT2D eigenvalue weighted by molar-refractivity contribution is 0.0656. The van der Waals surface area contributed by atoms with Gasteiger partial charge in [0.2, 0.25) is 0 Å². The zero-order chi connectivity index (χ0) is 20.9. The number of hydrogen-bond acceptors (Lipinski definition) is 4. The number of allylic oxidation sites excluding steroid dienone is 1. The van der Waals surface area contributed by atoms with Crippen molar-refractivity contribution >= 4 is 5.91 Å². The predicted molar refractivity (Wildman–Crippen MR) is 120 cm³/mol. The highest BCUT2D eigenvalue weighted by Gasteiger charge is 2.31. The van der Waals surface area contributed by atoms with E-state index in [1.807, 2.05) is 15.7 Å². The van der Waals surface area contributed by atoms with E-state index >= 15 is 0 Å². The number of piperazine rings is 1. The number of likely N-dealkylation sites (N-methyl/N-ethyl adjacent to an activating group) is 1. The summed E-state index contributed by atoms with van der Waals surface area (Å²) in [6.07, 6.45) is 5.78. The van der Waals surface area contributed by atoms with E-state index in [4.69, 9.17) is 5.10 Å². The number of rotatable bonds is 7. The van der Waals surface area contributed by atoms with Crippen LogP contribution >= 0.6 is 0 Å². The zero-order valence-corrected chi connectivity index (χ0v) is 18.0. The molecule has 6 heteroatoms. The van der Waals surface area contributed by atoms with Crippen LogP contribution in [0.2, 0.25) is 0 Å². The van der Waals surface area contributed by atoms with Crippen molar-refractivity contribution in [3.05, 3.63) is 65.5 Å². The van der Waals surface area contributed by atoms with E-state index < -0.39 is 0 Å². The van der Waals surface area contributed by atoms with Crippen molar-refractivity contribution in [2.24, 2.45) is 0 Å². The molecular weight excluding hydrogens is 374 g/mol. The summed E-state index contributed by atoms with van der Waals surface area (Å²) in [4.78, 5) is 17.5. The second-order valence-corrected chi connectivity index (χ2v) is 8.47. The highest BCUT2D eigenvalue weighted by atomic mass is 16.2. The minimum absolute atomic E-state index is 0.0899. The van der Waals surface area contributed by atoms with Crippen molar-refractivity contribution in [1.29, 1.82) is 0 Å². The van der Waals surface area contributed by atoms with Gasteiger partial charge in [0.05, 0.1) is 6.54 Å². The molecule has 1 atom stereocenters. The van der Waals surface area contributed by atoms with Gasteiger partial charge in [0, 0.05) is 43.5 Å². The summed E-state index contributed by atoms with van der Waals surface area (Å²) in [5.74, 6) is 0.0899. The van der Waals surface area contributed by atoms with E-state index in [1.54, 1.807) is 0 Å². The SMILES string of the molecule is C=CCn1nc(C(=O)N2CCN(C)CC2)c2c1CC[C@H](NCCc1ccccc1)C2. The van der Waals surface area contributed by atoms with E-state index in [2.05, 4.69) is 54.2 Å². The lowest BCUT2D eigenvalue weighted by atomic mass is 9.91. The number of amides is 1. The smallest absolute Gasteiger partial charge is 0.274 e. The molecule has 160 valence electrons. The van der Waals surface area contributed by atoms with Crippen LogP contribution in [0, 0.1) is 0 Å². The molecule has 2 aliphatic rings. The largest absolute Gasteiger partial charge is 0.335 e. The van der Waals surface area contributed by atoms with Crippen LogP contribution < -0.4 is 5.32 Å². The van der Waals surface area contributed by atoms with Gasteiger partial charge in [-0.1, -0.05) is 36.4 Å². The van der Waals surface area contributed by atoms with Crippen molar-refractivity contribution in [3.63, 3.8) is 0 Å². The highest BCUT2D eigenvalue weighted by Crippen LogP contribution is 2.26. The van der Waals surface area contributed by atoms with Crippen LogP contribution in [0.5, 0.6) is 0 Å². The van der Waals surface area contributed by atoms with Gasteiger partial charge in [-0.15, -0.1) is 6.58 Å². The molecule has 0 radical (unpaired) electrons. The Morgan fingerprint density at radius 2 is 2.00 bits per heavy atom. The Morgan fingerprint density at radius 1 is 1.23 bits per heavy atom. The summed E-state index contributed by atoms with van der Waals surface area (Å²) < 4.78 is 1.99. The van der Waals surface area contributed by atoms with Gasteiger partial charge < -0.3 is 15.1 Å². The standard InChI is InChI=1S/C24H33N5O/c1-3-13-29-22-10-9-20(25-12-11-19-7-5-4-6-8-19)18-21(22)23(26-29)24(30)28-16-14-27(2)15-17-28/h3-8,20,25H,1,9-18H2,2H3/t20-/m0/s1. The number of aromatic nitrogens is 2. The van der Waals surface area contributed by atoms with Crippen LogP contribution in [0.1, 0.15) is 33.7 Å². The van der Waals surface area contributed by atoms with E-state index in [1.165, 1.54) is 11.3 Å². The maximum absolute atomic E-state index is 13.3. The first kappa shape index (κ1) is 20.8. The normalized spacial score (nSPS) is 19.5. The minimum atomic E-state index is 0.0899. The second kappa shape index (κ2) is 9.58. The van der Waals surface area contributed by atoms with Crippen LogP contribution in [-0.2, 0) is 25.8 Å². The molecule has 1 aliphatic carbocycles. The molecule has 0 saturated carbocycles. The Bertz CT molecular complexity index is 867. The average Bonchev–Trinajstić information content (AvgIpc) is 3.13. The van der Waals surface area contributed by atoms with Crippen LogP contribution in [0.25, 0.3) is 0 Å². The Balaban J connectivity index is 1.45. The minimum Gasteiger partial charge on any atom is -0.335 e. The summed E-state index contributed by atoms with van der Waals surface area (Å²) in [5.41, 5.74) is 4.37. The molecule has 1 amide bonds. The predicted octanol–water partition coefficient (Wildman–Crippen LogP) is 2.15. The lowest BCUT2D eigenvalue weighted by Crippen LogP contribution is -2.47. The molecule has 0 spiro atoms. The van der Waals surface area contributed by atoms with Crippen molar-refractivity contribution in [2.45, 2.75) is 38.3 Å². The van der Waals surface area contributed by atoms with E-state index in [-0.39, 0.29) is 5.91 Å². The Hall–Kier alpha value is -2.44. The molecule has 0 unspecified atom stereocenters. The van der Waals surface area contributed by atoms with E-state index in [0.29, 0.717) is 18.3 Å². The van der Waals surface area contributed by atoms with Crippen LogP contribution in [0.15, 0.2) is 43.0 Å². The second-order valence-electron chi connectivity index (χ2n) is 8.47. The van der Waals surface area contributed by atoms with Crippen molar-refractivity contribution in [1.82, 2.24) is 24.9 Å². The van der Waals surface area contributed by atoms with E-state index in [0.717, 1.165) is 64.0 Å². The fraction of sp³-hybridized carbons (Fsp3) is 0.500. The van der Waals surface area contributed by atoms with Gasteiger partial charge in [-0.05, 0) is 44.8 Å². The van der Waals surface area contributed by atoms with Gasteiger partial charge in [-0.25, -0.2) is 0 Å².